The Morgan fingerprint density at radius 1 is 1.19 bits per heavy atom. The van der Waals surface area contributed by atoms with E-state index >= 15 is 0 Å². The summed E-state index contributed by atoms with van der Waals surface area (Å²) in [5.74, 6) is -1.35. The molecule has 0 aliphatic heterocycles. The molecule has 2 aromatic heterocycles. The highest BCUT2D eigenvalue weighted by molar-refractivity contribution is 5.95. The lowest BCUT2D eigenvalue weighted by Crippen LogP contribution is -2.37. The zero-order chi connectivity index (χ0) is 22.7. The Morgan fingerprint density at radius 2 is 1.91 bits per heavy atom. The number of aryl methyl sites for hydroxylation is 1. The predicted octanol–water partition coefficient (Wildman–Crippen LogP) is 4.32. The molecule has 0 spiro atoms. The summed E-state index contributed by atoms with van der Waals surface area (Å²) in [7, 11) is 0. The van der Waals surface area contributed by atoms with E-state index in [1.165, 1.54) is 18.2 Å². The molecule has 1 aliphatic carbocycles. The molecule has 32 heavy (non-hydrogen) atoms. The van der Waals surface area contributed by atoms with Gasteiger partial charge in [-0.1, -0.05) is 25.3 Å². The minimum atomic E-state index is -0.705. The lowest BCUT2D eigenvalue weighted by molar-refractivity contribution is -0.00294. The Balaban J connectivity index is 1.48. The number of aromatic nitrogens is 2. The maximum Gasteiger partial charge on any atom is 0.270 e. The van der Waals surface area contributed by atoms with Gasteiger partial charge < -0.3 is 15.2 Å². The fraction of sp³-hybridized carbons (Fsp3) is 0.417. The van der Waals surface area contributed by atoms with Crippen molar-refractivity contribution in [2.45, 2.75) is 57.7 Å². The number of hydrogen-bond acceptors (Lipinski definition) is 4. The third-order valence-corrected chi connectivity index (χ3v) is 6.10. The van der Waals surface area contributed by atoms with Crippen LogP contribution in [0.1, 0.15) is 60.3 Å². The van der Waals surface area contributed by atoms with Gasteiger partial charge in [-0.15, -0.1) is 0 Å². The third-order valence-electron chi connectivity index (χ3n) is 6.10. The molecular weight excluding hydrogens is 416 g/mol. The van der Waals surface area contributed by atoms with Gasteiger partial charge in [-0.25, -0.2) is 13.8 Å². The summed E-state index contributed by atoms with van der Waals surface area (Å²) in [6, 6.07) is 6.97. The van der Waals surface area contributed by atoms with E-state index in [1.807, 2.05) is 0 Å². The van der Waals surface area contributed by atoms with Crippen molar-refractivity contribution in [1.29, 1.82) is 0 Å². The Labute approximate surface area is 185 Å². The highest BCUT2D eigenvalue weighted by atomic mass is 19.1. The molecule has 0 saturated heterocycles. The quantitative estimate of drug-likeness (QED) is 0.571. The van der Waals surface area contributed by atoms with Crippen molar-refractivity contribution < 1.29 is 23.4 Å². The molecule has 2 N–H and O–H groups in total. The van der Waals surface area contributed by atoms with Crippen LogP contribution in [0.15, 0.2) is 36.5 Å². The smallest absolute Gasteiger partial charge is 0.270 e. The predicted molar refractivity (Wildman–Crippen MR) is 116 cm³/mol. The second-order valence-corrected chi connectivity index (χ2v) is 8.39. The van der Waals surface area contributed by atoms with Gasteiger partial charge in [0, 0.05) is 12.7 Å². The maximum absolute atomic E-state index is 13.9. The summed E-state index contributed by atoms with van der Waals surface area (Å²) in [6.45, 7) is 1.78. The largest absolute Gasteiger partial charge is 0.485 e. The molecule has 1 fully saturated rings. The lowest BCUT2D eigenvalue weighted by Gasteiger charge is -2.32. The van der Waals surface area contributed by atoms with Crippen LogP contribution in [-0.2, 0) is 6.61 Å². The molecule has 170 valence electrons. The first-order valence-electron chi connectivity index (χ1n) is 10.9. The summed E-state index contributed by atoms with van der Waals surface area (Å²) in [4.78, 5) is 17.3. The Morgan fingerprint density at radius 3 is 2.62 bits per heavy atom. The van der Waals surface area contributed by atoms with Gasteiger partial charge in [-0.3, -0.25) is 9.20 Å². The van der Waals surface area contributed by atoms with Crippen LogP contribution in [0.3, 0.4) is 0 Å². The number of nitrogens with one attached hydrogen (secondary N) is 1. The van der Waals surface area contributed by atoms with Gasteiger partial charge in [0.2, 0.25) is 0 Å². The van der Waals surface area contributed by atoms with Gasteiger partial charge in [-0.2, -0.15) is 0 Å². The minimum absolute atomic E-state index is 0.170. The van der Waals surface area contributed by atoms with Gasteiger partial charge >= 0.3 is 0 Å². The van der Waals surface area contributed by atoms with E-state index in [0.29, 0.717) is 35.8 Å². The molecule has 6 nitrogen and oxygen atoms in total. The molecule has 3 aromatic rings. The van der Waals surface area contributed by atoms with Crippen LogP contribution in [0.2, 0.25) is 0 Å². The number of carbonyl (C=O) groups excluding carboxylic acids is 1. The van der Waals surface area contributed by atoms with E-state index in [9.17, 15) is 18.7 Å². The number of ether oxygens (including phenoxy) is 1. The summed E-state index contributed by atoms with van der Waals surface area (Å²) in [5.41, 5.74) is 0.377. The molecule has 1 aliphatic rings. The molecule has 4 rings (SSSR count). The van der Waals surface area contributed by atoms with Crippen molar-refractivity contribution in [3.05, 3.63) is 65.1 Å². The van der Waals surface area contributed by atoms with Crippen molar-refractivity contribution >= 4 is 11.6 Å². The zero-order valence-corrected chi connectivity index (χ0v) is 18.0. The number of rotatable bonds is 7. The van der Waals surface area contributed by atoms with Gasteiger partial charge in [-0.05, 0) is 50.5 Å². The monoisotopic (exact) mass is 443 g/mol. The molecule has 1 aromatic carbocycles. The Kier molecular flexibility index (Phi) is 6.41. The zero-order valence-electron chi connectivity index (χ0n) is 18.0. The van der Waals surface area contributed by atoms with Crippen LogP contribution in [0.5, 0.6) is 5.75 Å². The van der Waals surface area contributed by atoms with Gasteiger partial charge in [0.1, 0.15) is 23.9 Å². The number of amides is 1. The summed E-state index contributed by atoms with van der Waals surface area (Å²) in [5, 5.41) is 13.5. The normalized spacial score (nSPS) is 15.6. The topological polar surface area (TPSA) is 75.9 Å². The summed E-state index contributed by atoms with van der Waals surface area (Å²) >= 11 is 0. The van der Waals surface area contributed by atoms with Crippen molar-refractivity contribution in [3.8, 4) is 5.75 Å². The number of fused-ring (bicyclic) bond motifs is 1. The SMILES string of the molecule is Cc1nc2c(OCc3c(F)cccc3F)cccn2c1C(=O)NCCC1(O)CCCCC1. The van der Waals surface area contributed by atoms with Crippen molar-refractivity contribution in [2.75, 3.05) is 6.54 Å². The van der Waals surface area contributed by atoms with Gasteiger partial charge in [0.15, 0.2) is 11.4 Å². The van der Waals surface area contributed by atoms with Crippen LogP contribution < -0.4 is 10.1 Å². The molecule has 0 unspecified atom stereocenters. The number of hydrogen-bond donors (Lipinski definition) is 2. The second kappa shape index (κ2) is 9.24. The van der Waals surface area contributed by atoms with Crippen LogP contribution in [0.25, 0.3) is 5.65 Å². The molecule has 1 saturated carbocycles. The number of imidazole rings is 1. The molecule has 0 atom stereocenters. The molecule has 0 bridgehead atoms. The number of nitrogens with zero attached hydrogens (tertiary/aromatic N) is 2. The molecule has 0 radical (unpaired) electrons. The minimum Gasteiger partial charge on any atom is -0.485 e. The first-order valence-corrected chi connectivity index (χ1v) is 10.9. The molecule has 2 heterocycles. The summed E-state index contributed by atoms with van der Waals surface area (Å²) in [6.07, 6.45) is 6.89. The van der Waals surface area contributed by atoms with Crippen LogP contribution >= 0.6 is 0 Å². The van der Waals surface area contributed by atoms with Crippen molar-refractivity contribution in [1.82, 2.24) is 14.7 Å². The van der Waals surface area contributed by atoms with E-state index in [-0.39, 0.29) is 18.1 Å². The van der Waals surface area contributed by atoms with E-state index in [4.69, 9.17) is 4.74 Å². The summed E-state index contributed by atoms with van der Waals surface area (Å²) < 4.78 is 35.1. The number of carbonyl (C=O) groups is 1. The second-order valence-electron chi connectivity index (χ2n) is 8.39. The number of halogens is 2. The van der Waals surface area contributed by atoms with Crippen LogP contribution in [0.4, 0.5) is 8.78 Å². The Hall–Kier alpha value is -3.00. The molecule has 1 amide bonds. The van der Waals surface area contributed by atoms with Gasteiger partial charge in [0.25, 0.3) is 5.91 Å². The molecule has 8 heteroatoms. The number of benzene rings is 1. The lowest BCUT2D eigenvalue weighted by atomic mass is 9.82. The van der Waals surface area contributed by atoms with Gasteiger partial charge in [0.05, 0.1) is 16.9 Å². The van der Waals surface area contributed by atoms with Crippen LogP contribution in [0, 0.1) is 18.6 Å². The van der Waals surface area contributed by atoms with Crippen molar-refractivity contribution in [2.24, 2.45) is 0 Å². The van der Waals surface area contributed by atoms with E-state index in [2.05, 4.69) is 10.3 Å². The number of aliphatic hydroxyl groups is 1. The maximum atomic E-state index is 13.9. The standard InChI is InChI=1S/C24H27F2N3O3/c1-16-21(23(30)27-13-12-24(31)10-3-2-4-11-24)29-14-6-9-20(22(29)28-16)32-15-17-18(25)7-5-8-19(17)26/h5-9,14,31H,2-4,10-13,15H2,1H3,(H,27,30). The highest BCUT2D eigenvalue weighted by Gasteiger charge is 2.29. The molecular formula is C24H27F2N3O3. The van der Waals surface area contributed by atoms with E-state index in [1.54, 1.807) is 29.7 Å². The van der Waals surface area contributed by atoms with E-state index < -0.39 is 17.2 Å². The average Bonchev–Trinajstić information content (AvgIpc) is 3.10. The van der Waals surface area contributed by atoms with Crippen LogP contribution in [-0.4, -0.2) is 32.5 Å². The average molecular weight is 443 g/mol. The van der Waals surface area contributed by atoms with E-state index in [0.717, 1.165) is 32.1 Å². The van der Waals surface area contributed by atoms with Crippen molar-refractivity contribution in [3.63, 3.8) is 0 Å². The highest BCUT2D eigenvalue weighted by Crippen LogP contribution is 2.30. The third kappa shape index (κ3) is 4.60. The fourth-order valence-electron chi connectivity index (χ4n) is 4.31. The fourth-order valence-corrected chi connectivity index (χ4v) is 4.31. The number of pyridine rings is 1. The first kappa shape index (κ1) is 22.2. The first-order chi connectivity index (χ1) is 15.4. The Bertz CT molecular complexity index is 1100.